The van der Waals surface area contributed by atoms with Gasteiger partial charge in [-0.3, -0.25) is 9.59 Å². The SMILES string of the molecule is CC.O=C(NCc1cccc(C(F)F)c1F)c1cn(C2(C(F)F)CC2)c(=O)cc1NC1CCN(C2CC2)CC1. The van der Waals surface area contributed by atoms with Crippen LogP contribution in [-0.4, -0.2) is 47.0 Å². The minimum atomic E-state index is -3.01. The summed E-state index contributed by atoms with van der Waals surface area (Å²) in [7, 11) is 0. The average molecular weight is 555 g/mol. The summed E-state index contributed by atoms with van der Waals surface area (Å²) < 4.78 is 69.1. The zero-order valence-electron chi connectivity index (χ0n) is 22.2. The van der Waals surface area contributed by atoms with Crippen LogP contribution in [0.25, 0.3) is 0 Å². The normalized spacial score (nSPS) is 19.0. The molecule has 214 valence electrons. The summed E-state index contributed by atoms with van der Waals surface area (Å²) in [5.41, 5.74) is -2.99. The van der Waals surface area contributed by atoms with E-state index in [9.17, 15) is 31.5 Å². The molecule has 0 radical (unpaired) electrons. The quantitative estimate of drug-likeness (QED) is 0.392. The first-order valence-corrected chi connectivity index (χ1v) is 13.6. The largest absolute Gasteiger partial charge is 0.381 e. The summed E-state index contributed by atoms with van der Waals surface area (Å²) in [6, 6.07) is 5.32. The number of anilines is 1. The van der Waals surface area contributed by atoms with E-state index in [2.05, 4.69) is 15.5 Å². The number of pyridine rings is 1. The van der Waals surface area contributed by atoms with Crippen LogP contribution in [0.2, 0.25) is 0 Å². The van der Waals surface area contributed by atoms with Gasteiger partial charge in [0, 0.05) is 49.5 Å². The number of hydrogen-bond acceptors (Lipinski definition) is 4. The van der Waals surface area contributed by atoms with E-state index >= 15 is 0 Å². The first kappa shape index (κ1) is 29.0. The van der Waals surface area contributed by atoms with Crippen molar-refractivity contribution in [1.29, 1.82) is 0 Å². The zero-order valence-corrected chi connectivity index (χ0v) is 22.2. The van der Waals surface area contributed by atoms with Crippen molar-refractivity contribution in [2.24, 2.45) is 0 Å². The zero-order chi connectivity index (χ0) is 28.3. The molecule has 1 saturated heterocycles. The summed E-state index contributed by atoms with van der Waals surface area (Å²) in [5.74, 6) is -1.84. The van der Waals surface area contributed by atoms with Crippen LogP contribution in [0.15, 0.2) is 35.3 Å². The standard InChI is InChI=1S/C26H29F5N4O2.C2H6/c27-22-15(2-1-3-18(22)23(28)29)13-32-24(37)19-14-35(26(8-9-26)25(30)31)21(36)12-20(19)33-16-6-10-34(11-7-16)17-4-5-17;1-2/h1-3,12,14,16-17,23,25,33H,4-11,13H2,(H,32,37);1-2H3. The van der Waals surface area contributed by atoms with Crippen molar-refractivity contribution in [1.82, 2.24) is 14.8 Å². The minimum Gasteiger partial charge on any atom is -0.381 e. The van der Waals surface area contributed by atoms with E-state index in [0.29, 0.717) is 6.04 Å². The lowest BCUT2D eigenvalue weighted by Gasteiger charge is -2.33. The molecule has 2 N–H and O–H groups in total. The molecule has 11 heteroatoms. The Morgan fingerprint density at radius 1 is 1.08 bits per heavy atom. The number of rotatable bonds is 9. The van der Waals surface area contributed by atoms with E-state index in [1.54, 1.807) is 0 Å². The molecular formula is C28H35F5N4O2. The van der Waals surface area contributed by atoms with Gasteiger partial charge in [-0.15, -0.1) is 0 Å². The van der Waals surface area contributed by atoms with Gasteiger partial charge < -0.3 is 20.1 Å². The van der Waals surface area contributed by atoms with Gasteiger partial charge in [-0.05, 0) is 38.5 Å². The Labute approximate surface area is 224 Å². The van der Waals surface area contributed by atoms with E-state index < -0.39 is 41.2 Å². The number of nitrogens with one attached hydrogen (secondary N) is 2. The molecule has 2 aromatic rings. The predicted octanol–water partition coefficient (Wildman–Crippen LogP) is 5.67. The molecular weight excluding hydrogens is 519 g/mol. The number of aromatic nitrogens is 1. The molecule has 2 aliphatic carbocycles. The lowest BCUT2D eigenvalue weighted by molar-refractivity contribution is 0.0648. The molecule has 1 aromatic heterocycles. The average Bonchev–Trinajstić information content (AvgIpc) is 3.84. The number of piperidine rings is 1. The highest BCUT2D eigenvalue weighted by Gasteiger charge is 2.53. The molecule has 1 aromatic carbocycles. The van der Waals surface area contributed by atoms with Crippen LogP contribution in [0.4, 0.5) is 27.6 Å². The Morgan fingerprint density at radius 2 is 1.74 bits per heavy atom. The van der Waals surface area contributed by atoms with E-state index in [1.165, 1.54) is 31.0 Å². The first-order chi connectivity index (χ1) is 18.7. The Balaban J connectivity index is 0.00000172. The minimum absolute atomic E-state index is 0.0121. The van der Waals surface area contributed by atoms with Crippen LogP contribution in [0.5, 0.6) is 0 Å². The highest BCUT2D eigenvalue weighted by molar-refractivity contribution is 5.99. The number of alkyl halides is 4. The van der Waals surface area contributed by atoms with Crippen molar-refractivity contribution in [3.05, 3.63) is 63.3 Å². The van der Waals surface area contributed by atoms with Crippen molar-refractivity contribution in [2.75, 3.05) is 18.4 Å². The van der Waals surface area contributed by atoms with Gasteiger partial charge in [0.05, 0.1) is 16.8 Å². The van der Waals surface area contributed by atoms with Crippen molar-refractivity contribution >= 4 is 11.6 Å². The van der Waals surface area contributed by atoms with Gasteiger partial charge in [0.25, 0.3) is 24.3 Å². The lowest BCUT2D eigenvalue weighted by Crippen LogP contribution is -2.41. The maximum atomic E-state index is 14.5. The highest BCUT2D eigenvalue weighted by Crippen LogP contribution is 2.48. The molecule has 2 heterocycles. The summed E-state index contributed by atoms with van der Waals surface area (Å²) >= 11 is 0. The second kappa shape index (κ2) is 12.1. The Kier molecular flexibility index (Phi) is 8.98. The molecule has 3 fully saturated rings. The molecule has 6 nitrogen and oxygen atoms in total. The van der Waals surface area contributed by atoms with Gasteiger partial charge in [0.15, 0.2) is 0 Å². The number of amides is 1. The maximum Gasteiger partial charge on any atom is 0.266 e. The fourth-order valence-corrected chi connectivity index (χ4v) is 5.12. The lowest BCUT2D eigenvalue weighted by atomic mass is 10.0. The van der Waals surface area contributed by atoms with Gasteiger partial charge >= 0.3 is 0 Å². The van der Waals surface area contributed by atoms with Crippen molar-refractivity contribution < 1.29 is 26.7 Å². The topological polar surface area (TPSA) is 66.4 Å². The molecule has 0 atom stereocenters. The number of carbonyl (C=O) groups is 1. The number of nitrogens with zero attached hydrogens (tertiary/aromatic N) is 2. The monoisotopic (exact) mass is 554 g/mol. The third kappa shape index (κ3) is 6.28. The smallest absolute Gasteiger partial charge is 0.266 e. The predicted molar refractivity (Wildman–Crippen MR) is 139 cm³/mol. The van der Waals surface area contributed by atoms with Crippen molar-refractivity contribution in [3.63, 3.8) is 0 Å². The van der Waals surface area contributed by atoms with E-state index in [-0.39, 0.29) is 42.2 Å². The molecule has 0 spiro atoms. The van der Waals surface area contributed by atoms with Gasteiger partial charge in [0.1, 0.15) is 11.4 Å². The van der Waals surface area contributed by atoms with Crippen molar-refractivity contribution in [2.45, 2.75) is 89.4 Å². The maximum absolute atomic E-state index is 14.5. The molecule has 1 amide bonds. The summed E-state index contributed by atoms with van der Waals surface area (Å²) in [6.45, 7) is 5.38. The third-order valence-corrected chi connectivity index (χ3v) is 7.68. The number of halogens is 5. The van der Waals surface area contributed by atoms with Crippen LogP contribution in [0.3, 0.4) is 0 Å². The summed E-state index contributed by atoms with van der Waals surface area (Å²) in [5, 5.41) is 5.75. The first-order valence-electron chi connectivity index (χ1n) is 13.6. The van der Waals surface area contributed by atoms with Gasteiger partial charge in [-0.2, -0.15) is 0 Å². The molecule has 5 rings (SSSR count). The Hall–Kier alpha value is -2.95. The Bertz CT molecular complexity index is 1220. The number of carbonyl (C=O) groups excluding carboxylic acids is 1. The highest BCUT2D eigenvalue weighted by atomic mass is 19.3. The van der Waals surface area contributed by atoms with E-state index in [4.69, 9.17) is 0 Å². The summed E-state index contributed by atoms with van der Waals surface area (Å²) in [4.78, 5) is 28.5. The van der Waals surface area contributed by atoms with Crippen LogP contribution in [0.1, 0.15) is 80.3 Å². The summed E-state index contributed by atoms with van der Waals surface area (Å²) in [6.07, 6.45) is -0.415. The second-order valence-corrected chi connectivity index (χ2v) is 10.2. The van der Waals surface area contributed by atoms with Crippen LogP contribution in [0, 0.1) is 5.82 Å². The third-order valence-electron chi connectivity index (χ3n) is 7.68. The fourth-order valence-electron chi connectivity index (χ4n) is 5.12. The second-order valence-electron chi connectivity index (χ2n) is 10.2. The molecule has 3 aliphatic rings. The van der Waals surface area contributed by atoms with Gasteiger partial charge in [0.2, 0.25) is 0 Å². The number of hydrogen-bond donors (Lipinski definition) is 2. The molecule has 1 aliphatic heterocycles. The molecule has 0 unspecified atom stereocenters. The Morgan fingerprint density at radius 3 is 2.31 bits per heavy atom. The van der Waals surface area contributed by atoms with Crippen LogP contribution >= 0.6 is 0 Å². The fraction of sp³-hybridized carbons (Fsp3) is 0.571. The van der Waals surface area contributed by atoms with E-state index in [0.717, 1.165) is 42.8 Å². The van der Waals surface area contributed by atoms with Crippen molar-refractivity contribution in [3.8, 4) is 0 Å². The number of benzene rings is 1. The number of likely N-dealkylation sites (tertiary alicyclic amines) is 1. The van der Waals surface area contributed by atoms with E-state index in [1.807, 2.05) is 13.8 Å². The van der Waals surface area contributed by atoms with Crippen LogP contribution in [-0.2, 0) is 12.1 Å². The molecule has 0 bridgehead atoms. The molecule has 2 saturated carbocycles. The molecule has 39 heavy (non-hydrogen) atoms. The van der Waals surface area contributed by atoms with Gasteiger partial charge in [-0.1, -0.05) is 32.0 Å². The van der Waals surface area contributed by atoms with Gasteiger partial charge in [-0.25, -0.2) is 22.0 Å². The van der Waals surface area contributed by atoms with Crippen LogP contribution < -0.4 is 16.2 Å².